The van der Waals surface area contributed by atoms with E-state index < -0.39 is 0 Å². The second kappa shape index (κ2) is 10.3. The zero-order valence-corrected chi connectivity index (χ0v) is 18.2. The van der Waals surface area contributed by atoms with Gasteiger partial charge in [0.2, 0.25) is 6.34 Å². The van der Waals surface area contributed by atoms with Gasteiger partial charge in [0.25, 0.3) is 0 Å². The van der Waals surface area contributed by atoms with Crippen molar-refractivity contribution in [1.29, 1.82) is 0 Å². The summed E-state index contributed by atoms with van der Waals surface area (Å²) in [4.78, 5) is 2.48. The summed E-state index contributed by atoms with van der Waals surface area (Å²) in [6.07, 6.45) is 9.59. The molecule has 1 aromatic rings. The van der Waals surface area contributed by atoms with Gasteiger partial charge >= 0.3 is 0 Å². The van der Waals surface area contributed by atoms with E-state index in [2.05, 4.69) is 74.7 Å². The van der Waals surface area contributed by atoms with E-state index >= 15 is 0 Å². The normalized spacial score (nSPS) is 17.7. The van der Waals surface area contributed by atoms with Crippen LogP contribution in [0.1, 0.15) is 78.7 Å². The van der Waals surface area contributed by atoms with Gasteiger partial charge in [0.1, 0.15) is 18.3 Å². The van der Waals surface area contributed by atoms with Crippen LogP contribution in [0.15, 0.2) is 24.3 Å². The number of rotatable bonds is 10. The van der Waals surface area contributed by atoms with E-state index in [0.717, 1.165) is 19.5 Å². The van der Waals surface area contributed by atoms with Crippen LogP contribution in [0.3, 0.4) is 0 Å². The molecule has 1 aliphatic heterocycles. The first-order valence-corrected chi connectivity index (χ1v) is 10.9. The predicted molar refractivity (Wildman–Crippen MR) is 117 cm³/mol. The minimum absolute atomic E-state index is 0.153. The third-order valence-electron chi connectivity index (χ3n) is 5.71. The van der Waals surface area contributed by atoms with Crippen molar-refractivity contribution in [2.24, 2.45) is 5.92 Å². The molecule has 27 heavy (non-hydrogen) atoms. The average molecular weight is 374 g/mol. The van der Waals surface area contributed by atoms with Crippen molar-refractivity contribution in [3.63, 3.8) is 0 Å². The average Bonchev–Trinajstić information content (AvgIpc) is 3.04. The third kappa shape index (κ3) is 6.34. The molecule has 0 spiro atoms. The smallest absolute Gasteiger partial charge is 0.239 e. The molecule has 1 heterocycles. The molecule has 1 N–H and O–H groups in total. The molecule has 0 unspecified atom stereocenters. The van der Waals surface area contributed by atoms with Crippen molar-refractivity contribution in [3.8, 4) is 0 Å². The van der Waals surface area contributed by atoms with Gasteiger partial charge in [0, 0.05) is 12.2 Å². The van der Waals surface area contributed by atoms with Crippen LogP contribution in [-0.2, 0) is 5.41 Å². The number of benzene rings is 1. The van der Waals surface area contributed by atoms with Crippen molar-refractivity contribution in [2.45, 2.75) is 84.6 Å². The van der Waals surface area contributed by atoms with Gasteiger partial charge in [-0.15, -0.1) is 0 Å². The Hall–Kier alpha value is -1.35. The Morgan fingerprint density at radius 2 is 1.67 bits per heavy atom. The minimum Gasteiger partial charge on any atom is -0.396 e. The minimum atomic E-state index is 0.153. The monoisotopic (exact) mass is 373 g/mol. The highest BCUT2D eigenvalue weighted by Gasteiger charge is 2.35. The molecular formula is C24H41N2O+. The first kappa shape index (κ1) is 21.9. The third-order valence-corrected chi connectivity index (χ3v) is 5.71. The van der Waals surface area contributed by atoms with E-state index in [9.17, 15) is 0 Å². The number of unbranched alkanes of at least 4 members (excludes halogenated alkanes) is 5. The van der Waals surface area contributed by atoms with Gasteiger partial charge in [-0.2, -0.15) is 0 Å². The molecule has 2 rings (SSSR count). The lowest BCUT2D eigenvalue weighted by Gasteiger charge is -2.23. The van der Waals surface area contributed by atoms with Crippen LogP contribution in [0.4, 0.5) is 5.69 Å². The molecule has 0 saturated carbocycles. The number of aliphatic hydroxyl groups excluding tert-OH is 1. The van der Waals surface area contributed by atoms with E-state index in [4.69, 9.17) is 5.11 Å². The van der Waals surface area contributed by atoms with E-state index in [1.54, 1.807) is 0 Å². The zero-order chi connectivity index (χ0) is 19.9. The fourth-order valence-electron chi connectivity index (χ4n) is 4.07. The second-order valence-corrected chi connectivity index (χ2v) is 9.43. The summed E-state index contributed by atoms with van der Waals surface area (Å²) < 4.78 is 2.58. The van der Waals surface area contributed by atoms with E-state index in [1.165, 1.54) is 43.4 Å². The molecule has 152 valence electrons. The Morgan fingerprint density at radius 1 is 1.04 bits per heavy atom. The molecule has 0 bridgehead atoms. The Morgan fingerprint density at radius 3 is 2.30 bits per heavy atom. The van der Waals surface area contributed by atoms with Gasteiger partial charge in [-0.05, 0) is 36.7 Å². The van der Waals surface area contributed by atoms with Crippen molar-refractivity contribution < 1.29 is 9.68 Å². The van der Waals surface area contributed by atoms with Crippen LogP contribution < -0.4 is 4.90 Å². The van der Waals surface area contributed by atoms with Crippen molar-refractivity contribution in [2.75, 3.05) is 24.6 Å². The molecule has 1 aliphatic rings. The van der Waals surface area contributed by atoms with Gasteiger partial charge < -0.3 is 5.11 Å². The molecule has 3 nitrogen and oxygen atoms in total. The summed E-state index contributed by atoms with van der Waals surface area (Å²) in [6.45, 7) is 14.2. The topological polar surface area (TPSA) is 26.5 Å². The number of para-hydroxylation sites is 1. The number of hydrogen-bond donors (Lipinski definition) is 1. The largest absolute Gasteiger partial charge is 0.396 e. The van der Waals surface area contributed by atoms with Crippen molar-refractivity contribution in [3.05, 3.63) is 29.8 Å². The molecule has 0 aliphatic carbocycles. The van der Waals surface area contributed by atoms with Crippen LogP contribution >= 0.6 is 0 Å². The van der Waals surface area contributed by atoms with E-state index in [-0.39, 0.29) is 5.41 Å². The number of aliphatic hydroxyl groups is 1. The molecule has 0 radical (unpaired) electrons. The van der Waals surface area contributed by atoms with Crippen LogP contribution in [-0.4, -0.2) is 41.8 Å². The lowest BCUT2D eigenvalue weighted by Crippen LogP contribution is -2.32. The van der Waals surface area contributed by atoms with Gasteiger partial charge in [-0.1, -0.05) is 72.1 Å². The summed E-state index contributed by atoms with van der Waals surface area (Å²) >= 11 is 0. The quantitative estimate of drug-likeness (QED) is 0.450. The summed E-state index contributed by atoms with van der Waals surface area (Å²) in [7, 11) is 0. The van der Waals surface area contributed by atoms with Gasteiger partial charge in [0.15, 0.2) is 0 Å². The second-order valence-electron chi connectivity index (χ2n) is 9.43. The Kier molecular flexibility index (Phi) is 8.34. The fourth-order valence-corrected chi connectivity index (χ4v) is 4.07. The standard InChI is InChI=1S/C24H41N2O/c1-20(2)23-18-26(22-15-11-10-14-21(22)24(3,4)5)19-25(23)16-12-8-6-7-9-13-17-27/h10-11,14-15,19-20,23,27H,6-9,12-13,16-18H2,1-5H3/q+1/t23-/m1/s1. The van der Waals surface area contributed by atoms with Crippen LogP contribution in [0, 0.1) is 5.92 Å². The highest BCUT2D eigenvalue weighted by atomic mass is 16.2. The number of anilines is 1. The van der Waals surface area contributed by atoms with Crippen LogP contribution in [0.2, 0.25) is 0 Å². The molecule has 0 saturated heterocycles. The molecule has 0 fully saturated rings. The van der Waals surface area contributed by atoms with Crippen molar-refractivity contribution in [1.82, 2.24) is 0 Å². The molecule has 1 atom stereocenters. The van der Waals surface area contributed by atoms with Gasteiger partial charge in [0.05, 0.1) is 6.54 Å². The summed E-state index contributed by atoms with van der Waals surface area (Å²) in [5.41, 5.74) is 2.94. The van der Waals surface area contributed by atoms with Crippen LogP contribution in [0.25, 0.3) is 0 Å². The van der Waals surface area contributed by atoms with Crippen molar-refractivity contribution >= 4 is 12.0 Å². The Bertz CT molecular complexity index is 601. The lowest BCUT2D eigenvalue weighted by molar-refractivity contribution is -0.559. The predicted octanol–water partition coefficient (Wildman–Crippen LogP) is 5.20. The lowest BCUT2D eigenvalue weighted by atomic mass is 9.85. The van der Waals surface area contributed by atoms with Crippen LogP contribution in [0.5, 0.6) is 0 Å². The fraction of sp³-hybridized carbons (Fsp3) is 0.708. The first-order valence-electron chi connectivity index (χ1n) is 10.9. The van der Waals surface area contributed by atoms with Gasteiger partial charge in [-0.3, -0.25) is 4.58 Å². The maximum Gasteiger partial charge on any atom is 0.239 e. The number of hydrogen-bond acceptors (Lipinski definition) is 2. The van der Waals surface area contributed by atoms with E-state index in [0.29, 0.717) is 18.6 Å². The number of nitrogens with zero attached hydrogens (tertiary/aromatic N) is 2. The Balaban J connectivity index is 2.02. The first-order chi connectivity index (χ1) is 12.8. The van der Waals surface area contributed by atoms with Gasteiger partial charge in [-0.25, -0.2) is 4.90 Å². The van der Waals surface area contributed by atoms with E-state index in [1.807, 2.05) is 0 Å². The maximum atomic E-state index is 8.87. The molecular weight excluding hydrogens is 332 g/mol. The summed E-state index contributed by atoms with van der Waals surface area (Å²) in [5.74, 6) is 0.651. The highest BCUT2D eigenvalue weighted by molar-refractivity contribution is 5.79. The molecule has 1 aromatic carbocycles. The molecule has 3 heteroatoms. The summed E-state index contributed by atoms with van der Waals surface area (Å²) in [6, 6.07) is 9.47. The molecule has 0 aromatic heterocycles. The SMILES string of the molecule is CC(C)[C@H]1CN(c2ccccc2C(C)(C)C)C=[N+]1CCCCCCCCO. The Labute approximate surface area is 167 Å². The highest BCUT2D eigenvalue weighted by Crippen LogP contribution is 2.33. The molecule has 0 amide bonds. The zero-order valence-electron chi connectivity index (χ0n) is 18.2. The summed E-state index contributed by atoms with van der Waals surface area (Å²) in [5, 5.41) is 8.87. The maximum absolute atomic E-state index is 8.87.